The summed E-state index contributed by atoms with van der Waals surface area (Å²) in [5.41, 5.74) is 7.46. The number of aryl methyl sites for hydroxylation is 1. The lowest BCUT2D eigenvalue weighted by molar-refractivity contribution is 0.0595. The number of hydrogen-bond acceptors (Lipinski definition) is 4. The van der Waals surface area contributed by atoms with Crippen molar-refractivity contribution < 1.29 is 9.90 Å². The fraction of sp³-hybridized carbons (Fsp3) is 0.692. The zero-order valence-electron chi connectivity index (χ0n) is 11.4. The first-order chi connectivity index (χ1) is 9.19. The average Bonchev–Trinajstić information content (AvgIpc) is 2.65. The molecule has 1 unspecified atom stereocenters. The predicted molar refractivity (Wildman–Crippen MR) is 72.8 cm³/mol. The van der Waals surface area contributed by atoms with Crippen molar-refractivity contribution in [2.75, 3.05) is 18.9 Å². The monoisotopic (exact) mass is 266 g/mol. The largest absolute Gasteiger partial charge is 0.395 e. The lowest BCUT2D eigenvalue weighted by Crippen LogP contribution is -2.42. The molecular formula is C13H22N4O2. The van der Waals surface area contributed by atoms with E-state index in [2.05, 4.69) is 10.2 Å². The normalized spacial score (nSPS) is 20.3. The van der Waals surface area contributed by atoms with Gasteiger partial charge in [-0.3, -0.25) is 9.89 Å². The molecule has 106 valence electrons. The number of hydrogen-bond donors (Lipinski definition) is 3. The maximum absolute atomic E-state index is 12.5. The Bertz CT molecular complexity index is 444. The fourth-order valence-corrected chi connectivity index (χ4v) is 2.59. The van der Waals surface area contributed by atoms with Crippen LogP contribution in [-0.2, 0) is 6.42 Å². The Kier molecular flexibility index (Phi) is 4.42. The third-order valence-corrected chi connectivity index (χ3v) is 3.79. The molecule has 6 nitrogen and oxygen atoms in total. The number of nitrogen functional groups attached to an aromatic ring is 1. The number of H-pyrrole nitrogens is 1. The molecule has 1 saturated heterocycles. The van der Waals surface area contributed by atoms with Gasteiger partial charge in [-0.2, -0.15) is 5.10 Å². The predicted octanol–water partition coefficient (Wildman–Crippen LogP) is 0.931. The molecule has 2 heterocycles. The van der Waals surface area contributed by atoms with Gasteiger partial charge in [-0.1, -0.05) is 19.8 Å². The molecule has 1 amide bonds. The van der Waals surface area contributed by atoms with Crippen molar-refractivity contribution in [2.45, 2.75) is 45.1 Å². The van der Waals surface area contributed by atoms with Crippen LogP contribution in [0.1, 0.15) is 48.8 Å². The molecule has 4 N–H and O–H groups in total. The second-order valence-electron chi connectivity index (χ2n) is 5.00. The van der Waals surface area contributed by atoms with Crippen LogP contribution in [0.3, 0.4) is 0 Å². The van der Waals surface area contributed by atoms with Crippen LogP contribution >= 0.6 is 0 Å². The number of likely N-dealkylation sites (tertiary alicyclic amines) is 1. The number of anilines is 1. The summed E-state index contributed by atoms with van der Waals surface area (Å²) in [6.07, 6.45) is 4.66. The van der Waals surface area contributed by atoms with E-state index in [9.17, 15) is 9.90 Å². The fourth-order valence-electron chi connectivity index (χ4n) is 2.59. The summed E-state index contributed by atoms with van der Waals surface area (Å²) in [7, 11) is 0. The van der Waals surface area contributed by atoms with Crippen molar-refractivity contribution in [2.24, 2.45) is 0 Å². The summed E-state index contributed by atoms with van der Waals surface area (Å²) in [6, 6.07) is -0.115. The van der Waals surface area contributed by atoms with E-state index in [4.69, 9.17) is 5.73 Å². The molecule has 1 aromatic heterocycles. The van der Waals surface area contributed by atoms with Crippen LogP contribution in [0.4, 0.5) is 5.69 Å². The van der Waals surface area contributed by atoms with Crippen LogP contribution in [0.25, 0.3) is 0 Å². The summed E-state index contributed by atoms with van der Waals surface area (Å²) >= 11 is 0. The van der Waals surface area contributed by atoms with Crippen LogP contribution < -0.4 is 5.73 Å². The van der Waals surface area contributed by atoms with Gasteiger partial charge in [0.2, 0.25) is 0 Å². The minimum atomic E-state index is -0.172. The van der Waals surface area contributed by atoms with Crippen LogP contribution in [0, 0.1) is 0 Å². The van der Waals surface area contributed by atoms with Gasteiger partial charge in [0.05, 0.1) is 24.0 Å². The molecule has 0 saturated carbocycles. The Labute approximate surface area is 113 Å². The van der Waals surface area contributed by atoms with E-state index in [0.717, 1.165) is 37.8 Å². The quantitative estimate of drug-likeness (QED) is 0.758. The number of nitrogens with zero attached hydrogens (tertiary/aromatic N) is 2. The Balaban J connectivity index is 2.22. The van der Waals surface area contributed by atoms with E-state index in [0.29, 0.717) is 12.2 Å². The second-order valence-corrected chi connectivity index (χ2v) is 5.00. The molecule has 0 radical (unpaired) electrons. The topological polar surface area (TPSA) is 95.2 Å². The minimum absolute atomic E-state index is 0.00327. The van der Waals surface area contributed by atoms with Crippen LogP contribution in [0.5, 0.6) is 0 Å². The van der Waals surface area contributed by atoms with E-state index >= 15 is 0 Å². The number of aliphatic hydroxyl groups excluding tert-OH is 1. The van der Waals surface area contributed by atoms with Gasteiger partial charge in [-0.15, -0.1) is 0 Å². The number of nitrogens with two attached hydrogens (primary N) is 1. The highest BCUT2D eigenvalue weighted by Crippen LogP contribution is 2.22. The number of nitrogens with one attached hydrogen (secondary N) is 1. The van der Waals surface area contributed by atoms with Crippen molar-refractivity contribution in [3.8, 4) is 0 Å². The number of carbonyl (C=O) groups is 1. The van der Waals surface area contributed by atoms with Crippen LogP contribution in [0.2, 0.25) is 0 Å². The molecule has 1 aliphatic rings. The van der Waals surface area contributed by atoms with E-state index < -0.39 is 0 Å². The Morgan fingerprint density at radius 2 is 2.32 bits per heavy atom. The zero-order chi connectivity index (χ0) is 13.8. The molecule has 0 bridgehead atoms. The standard InChI is InChI=1S/C13H22N4O2/c1-2-10-11(14)12(16-15-10)13(19)17-7-5-3-4-6-9(17)8-18/h9,18H,2-8,14H2,1H3,(H,15,16). The van der Waals surface area contributed by atoms with E-state index in [1.807, 2.05) is 6.92 Å². The molecule has 0 aromatic carbocycles. The molecule has 2 rings (SSSR count). The highest BCUT2D eigenvalue weighted by molar-refractivity contribution is 5.97. The molecule has 19 heavy (non-hydrogen) atoms. The Morgan fingerprint density at radius 3 is 2.95 bits per heavy atom. The molecule has 0 aliphatic carbocycles. The van der Waals surface area contributed by atoms with Gasteiger partial charge < -0.3 is 15.7 Å². The lowest BCUT2D eigenvalue weighted by atomic mass is 10.1. The molecule has 1 fully saturated rings. The second kappa shape index (κ2) is 6.06. The van der Waals surface area contributed by atoms with Gasteiger partial charge in [0.15, 0.2) is 5.69 Å². The summed E-state index contributed by atoms with van der Waals surface area (Å²) in [5.74, 6) is -0.172. The number of aromatic nitrogens is 2. The highest BCUT2D eigenvalue weighted by Gasteiger charge is 2.29. The molecule has 1 atom stereocenters. The van der Waals surface area contributed by atoms with Gasteiger partial charge in [-0.05, 0) is 19.3 Å². The smallest absolute Gasteiger partial charge is 0.276 e. The van der Waals surface area contributed by atoms with E-state index in [1.165, 1.54) is 0 Å². The van der Waals surface area contributed by atoms with E-state index in [1.54, 1.807) is 4.90 Å². The molecule has 0 spiro atoms. The SMILES string of the molecule is CCc1[nH]nc(C(=O)N2CCCCCC2CO)c1N. The summed E-state index contributed by atoms with van der Waals surface area (Å²) < 4.78 is 0. The Hall–Kier alpha value is -1.56. The number of amides is 1. The van der Waals surface area contributed by atoms with Crippen molar-refractivity contribution in [1.82, 2.24) is 15.1 Å². The number of aromatic amines is 1. The maximum atomic E-state index is 12.5. The van der Waals surface area contributed by atoms with Gasteiger partial charge in [0.25, 0.3) is 5.91 Å². The molecule has 1 aromatic rings. The highest BCUT2D eigenvalue weighted by atomic mass is 16.3. The first-order valence-electron chi connectivity index (χ1n) is 6.93. The Morgan fingerprint density at radius 1 is 1.53 bits per heavy atom. The first kappa shape index (κ1) is 13.9. The van der Waals surface area contributed by atoms with Gasteiger partial charge >= 0.3 is 0 Å². The third kappa shape index (κ3) is 2.73. The third-order valence-electron chi connectivity index (χ3n) is 3.79. The molecule has 1 aliphatic heterocycles. The van der Waals surface area contributed by atoms with Crippen molar-refractivity contribution in [3.05, 3.63) is 11.4 Å². The van der Waals surface area contributed by atoms with E-state index in [-0.39, 0.29) is 24.2 Å². The van der Waals surface area contributed by atoms with Crippen molar-refractivity contribution in [3.63, 3.8) is 0 Å². The number of rotatable bonds is 3. The molecular weight excluding hydrogens is 244 g/mol. The van der Waals surface area contributed by atoms with Gasteiger partial charge in [-0.25, -0.2) is 0 Å². The number of carbonyl (C=O) groups excluding carboxylic acids is 1. The first-order valence-corrected chi connectivity index (χ1v) is 6.93. The summed E-state index contributed by atoms with van der Waals surface area (Å²) in [5, 5.41) is 16.3. The van der Waals surface area contributed by atoms with Gasteiger partial charge in [0.1, 0.15) is 0 Å². The zero-order valence-corrected chi connectivity index (χ0v) is 11.4. The van der Waals surface area contributed by atoms with Gasteiger partial charge in [0, 0.05) is 6.54 Å². The van der Waals surface area contributed by atoms with Crippen molar-refractivity contribution in [1.29, 1.82) is 0 Å². The average molecular weight is 266 g/mol. The minimum Gasteiger partial charge on any atom is -0.395 e. The van der Waals surface area contributed by atoms with Crippen LogP contribution in [0.15, 0.2) is 0 Å². The number of aliphatic hydroxyl groups is 1. The maximum Gasteiger partial charge on any atom is 0.276 e. The van der Waals surface area contributed by atoms with Crippen LogP contribution in [-0.4, -0.2) is 45.3 Å². The lowest BCUT2D eigenvalue weighted by Gasteiger charge is -2.28. The van der Waals surface area contributed by atoms with Crippen molar-refractivity contribution >= 4 is 11.6 Å². The summed E-state index contributed by atoms with van der Waals surface area (Å²) in [4.78, 5) is 14.2. The summed E-state index contributed by atoms with van der Waals surface area (Å²) in [6.45, 7) is 2.62. The molecule has 6 heteroatoms.